The molecule has 1 aliphatic carbocycles. The van der Waals surface area contributed by atoms with Crippen LogP contribution in [0.3, 0.4) is 0 Å². The molecule has 2 aliphatic rings. The molecule has 0 saturated heterocycles. The van der Waals surface area contributed by atoms with Crippen LogP contribution in [0.2, 0.25) is 0 Å². The molecule has 0 unspecified atom stereocenters. The van der Waals surface area contributed by atoms with E-state index in [-0.39, 0.29) is 5.91 Å². The zero-order valence-corrected chi connectivity index (χ0v) is 14.2. The fraction of sp³-hybridized carbons (Fsp3) is 0.333. The Hall–Kier alpha value is -2.62. The van der Waals surface area contributed by atoms with Crippen molar-refractivity contribution >= 4 is 22.9 Å². The largest absolute Gasteiger partial charge is 0.308 e. The fourth-order valence-corrected chi connectivity index (χ4v) is 4.19. The molecule has 1 amide bonds. The summed E-state index contributed by atoms with van der Waals surface area (Å²) in [6.45, 7) is 1.54. The van der Waals surface area contributed by atoms with Gasteiger partial charge in [0.05, 0.1) is 17.5 Å². The Morgan fingerprint density at radius 1 is 1.00 bits per heavy atom. The third-order valence-electron chi connectivity index (χ3n) is 5.49. The molecule has 0 fully saturated rings. The molecule has 0 N–H and O–H groups in total. The number of para-hydroxylation sites is 2. The monoisotopic (exact) mass is 331 g/mol. The normalized spacial score (nSPS) is 16.1. The highest BCUT2D eigenvalue weighted by atomic mass is 16.2. The summed E-state index contributed by atoms with van der Waals surface area (Å²) >= 11 is 0. The Labute approximate surface area is 147 Å². The maximum absolute atomic E-state index is 12.9. The van der Waals surface area contributed by atoms with Crippen LogP contribution in [0.25, 0.3) is 11.0 Å². The topological polar surface area (TPSA) is 38.1 Å². The molecule has 4 heteroatoms. The van der Waals surface area contributed by atoms with Gasteiger partial charge in [-0.1, -0.05) is 30.3 Å². The van der Waals surface area contributed by atoms with Gasteiger partial charge in [-0.25, -0.2) is 4.98 Å². The molecular weight excluding hydrogens is 310 g/mol. The van der Waals surface area contributed by atoms with Crippen LogP contribution in [0.1, 0.15) is 29.5 Å². The highest BCUT2D eigenvalue weighted by molar-refractivity contribution is 5.96. The van der Waals surface area contributed by atoms with Crippen molar-refractivity contribution in [3.8, 4) is 0 Å². The van der Waals surface area contributed by atoms with E-state index in [1.807, 2.05) is 23.1 Å². The number of carbonyl (C=O) groups is 1. The molecule has 3 aromatic rings. The van der Waals surface area contributed by atoms with Gasteiger partial charge in [0.25, 0.3) is 0 Å². The number of hydrogen-bond acceptors (Lipinski definition) is 2. The van der Waals surface area contributed by atoms with Crippen LogP contribution in [0.4, 0.5) is 5.95 Å². The van der Waals surface area contributed by atoms with Crippen LogP contribution in [0.5, 0.6) is 0 Å². The minimum atomic E-state index is 0.143. The second kappa shape index (κ2) is 5.73. The highest BCUT2D eigenvalue weighted by Crippen LogP contribution is 2.28. The summed E-state index contributed by atoms with van der Waals surface area (Å²) in [4.78, 5) is 19.4. The number of benzene rings is 2. The molecule has 5 rings (SSSR count). The van der Waals surface area contributed by atoms with Gasteiger partial charge < -0.3 is 4.57 Å². The average Bonchev–Trinajstić information content (AvgIpc) is 3.20. The lowest BCUT2D eigenvalue weighted by atomic mass is 9.90. The maximum atomic E-state index is 12.9. The van der Waals surface area contributed by atoms with Crippen LogP contribution >= 0.6 is 0 Å². The van der Waals surface area contributed by atoms with Crippen molar-refractivity contribution in [2.24, 2.45) is 0 Å². The van der Waals surface area contributed by atoms with Crippen molar-refractivity contribution in [2.75, 3.05) is 11.4 Å². The molecular formula is C21H21N3O. The summed E-state index contributed by atoms with van der Waals surface area (Å²) in [5.74, 6) is 0.939. The molecule has 126 valence electrons. The maximum Gasteiger partial charge on any atom is 0.233 e. The van der Waals surface area contributed by atoms with Gasteiger partial charge in [-0.15, -0.1) is 0 Å². The van der Waals surface area contributed by atoms with Gasteiger partial charge in [-0.05, 0) is 54.5 Å². The standard InChI is InChI=1S/C21H21N3O/c25-20(14-15-9-10-16-5-1-2-6-17(16)13-15)24-12-11-23-19-8-4-3-7-18(19)22-21(23)24/h3-4,7-10,13H,1-2,5-6,11-12,14H2. The predicted octanol–water partition coefficient (Wildman–Crippen LogP) is 3.50. The van der Waals surface area contributed by atoms with Crippen molar-refractivity contribution in [3.63, 3.8) is 0 Å². The Bertz CT molecular complexity index is 972. The minimum Gasteiger partial charge on any atom is -0.308 e. The number of amides is 1. The zero-order valence-electron chi connectivity index (χ0n) is 14.2. The molecule has 1 aromatic heterocycles. The molecule has 25 heavy (non-hydrogen) atoms. The van der Waals surface area contributed by atoms with Crippen LogP contribution in [-0.2, 0) is 30.6 Å². The first-order valence-corrected chi connectivity index (χ1v) is 9.16. The van der Waals surface area contributed by atoms with Gasteiger partial charge in [0.1, 0.15) is 0 Å². The first-order valence-electron chi connectivity index (χ1n) is 9.16. The quantitative estimate of drug-likeness (QED) is 0.721. The second-order valence-corrected chi connectivity index (χ2v) is 7.08. The molecule has 0 atom stereocenters. The number of nitrogens with zero attached hydrogens (tertiary/aromatic N) is 3. The number of aromatic nitrogens is 2. The van der Waals surface area contributed by atoms with Crippen molar-refractivity contribution in [1.82, 2.24) is 9.55 Å². The van der Waals surface area contributed by atoms with Gasteiger partial charge in [-0.3, -0.25) is 9.69 Å². The van der Waals surface area contributed by atoms with Gasteiger partial charge in [-0.2, -0.15) is 0 Å². The Morgan fingerprint density at radius 3 is 2.76 bits per heavy atom. The van der Waals surface area contributed by atoms with E-state index in [2.05, 4.69) is 33.8 Å². The van der Waals surface area contributed by atoms with Gasteiger partial charge in [0.2, 0.25) is 11.9 Å². The molecule has 0 bridgehead atoms. The summed E-state index contributed by atoms with van der Waals surface area (Å²) in [5.41, 5.74) is 6.10. The predicted molar refractivity (Wildman–Crippen MR) is 98.9 cm³/mol. The summed E-state index contributed by atoms with van der Waals surface area (Å²) < 4.78 is 2.15. The van der Waals surface area contributed by atoms with Crippen LogP contribution < -0.4 is 4.90 Å². The summed E-state index contributed by atoms with van der Waals surface area (Å²) in [7, 11) is 0. The van der Waals surface area contributed by atoms with E-state index in [0.29, 0.717) is 6.42 Å². The van der Waals surface area contributed by atoms with Crippen molar-refractivity contribution in [2.45, 2.75) is 38.6 Å². The summed E-state index contributed by atoms with van der Waals surface area (Å²) in [6.07, 6.45) is 5.34. The first-order chi connectivity index (χ1) is 12.3. The van der Waals surface area contributed by atoms with E-state index in [1.54, 1.807) is 0 Å². The number of imidazole rings is 1. The molecule has 0 spiro atoms. The minimum absolute atomic E-state index is 0.143. The molecule has 0 radical (unpaired) electrons. The van der Waals surface area contributed by atoms with Crippen LogP contribution in [0, 0.1) is 0 Å². The van der Waals surface area contributed by atoms with E-state index in [1.165, 1.54) is 30.4 Å². The van der Waals surface area contributed by atoms with Gasteiger partial charge in [0, 0.05) is 13.1 Å². The fourth-order valence-electron chi connectivity index (χ4n) is 4.19. The number of carbonyl (C=O) groups excluding carboxylic acids is 1. The Morgan fingerprint density at radius 2 is 1.84 bits per heavy atom. The molecule has 1 aliphatic heterocycles. The van der Waals surface area contributed by atoms with Crippen LogP contribution in [0.15, 0.2) is 42.5 Å². The van der Waals surface area contributed by atoms with Gasteiger partial charge in [0.15, 0.2) is 0 Å². The second-order valence-electron chi connectivity index (χ2n) is 7.08. The third-order valence-corrected chi connectivity index (χ3v) is 5.49. The highest BCUT2D eigenvalue weighted by Gasteiger charge is 2.28. The first kappa shape index (κ1) is 14.7. The lowest BCUT2D eigenvalue weighted by Crippen LogP contribution is -2.30. The van der Waals surface area contributed by atoms with E-state index in [9.17, 15) is 4.79 Å². The van der Waals surface area contributed by atoms with Gasteiger partial charge >= 0.3 is 0 Å². The Balaban J connectivity index is 1.41. The average molecular weight is 331 g/mol. The van der Waals surface area contributed by atoms with E-state index in [0.717, 1.165) is 42.1 Å². The summed E-state index contributed by atoms with van der Waals surface area (Å²) in [5, 5.41) is 0. The number of anilines is 1. The summed E-state index contributed by atoms with van der Waals surface area (Å²) in [6, 6.07) is 14.7. The smallest absolute Gasteiger partial charge is 0.233 e. The number of fused-ring (bicyclic) bond motifs is 4. The van der Waals surface area contributed by atoms with Crippen molar-refractivity contribution < 1.29 is 4.79 Å². The lowest BCUT2D eigenvalue weighted by molar-refractivity contribution is -0.117. The van der Waals surface area contributed by atoms with E-state index in [4.69, 9.17) is 0 Å². The van der Waals surface area contributed by atoms with Crippen LogP contribution in [-0.4, -0.2) is 22.0 Å². The Kier molecular flexibility index (Phi) is 3.37. The number of rotatable bonds is 2. The molecule has 2 aromatic carbocycles. The third kappa shape index (κ3) is 2.44. The van der Waals surface area contributed by atoms with Crippen molar-refractivity contribution in [3.05, 3.63) is 59.2 Å². The molecule has 2 heterocycles. The number of hydrogen-bond donors (Lipinski definition) is 0. The SMILES string of the molecule is O=C(Cc1ccc2c(c1)CCCC2)N1CCn2c1nc1ccccc12. The lowest BCUT2D eigenvalue weighted by Gasteiger charge is -2.18. The zero-order chi connectivity index (χ0) is 16.8. The van der Waals surface area contributed by atoms with E-state index >= 15 is 0 Å². The van der Waals surface area contributed by atoms with E-state index < -0.39 is 0 Å². The van der Waals surface area contributed by atoms with Crippen molar-refractivity contribution in [1.29, 1.82) is 0 Å². The number of aryl methyl sites for hydroxylation is 2. The molecule has 4 nitrogen and oxygen atoms in total. The molecule has 0 saturated carbocycles.